The van der Waals surface area contributed by atoms with Crippen LogP contribution in [-0.2, 0) is 9.53 Å². The van der Waals surface area contributed by atoms with E-state index in [1.54, 1.807) is 4.90 Å². The molecule has 1 saturated heterocycles. The van der Waals surface area contributed by atoms with E-state index < -0.39 is 24.0 Å². The first-order chi connectivity index (χ1) is 11.2. The highest BCUT2D eigenvalue weighted by atomic mass is 19.4. The van der Waals surface area contributed by atoms with E-state index in [0.717, 1.165) is 18.2 Å². The largest absolute Gasteiger partial charge is 0.573 e. The van der Waals surface area contributed by atoms with Gasteiger partial charge in [-0.05, 0) is 12.1 Å². The first-order valence-corrected chi connectivity index (χ1v) is 6.97. The van der Waals surface area contributed by atoms with Crippen LogP contribution in [0.2, 0.25) is 0 Å². The first kappa shape index (κ1) is 18.0. The van der Waals surface area contributed by atoms with Crippen LogP contribution in [0.1, 0.15) is 10.4 Å². The second kappa shape index (κ2) is 7.49. The van der Waals surface area contributed by atoms with Crippen molar-refractivity contribution in [1.29, 1.82) is 0 Å². The molecule has 1 aromatic carbocycles. The number of carbonyl (C=O) groups excluding carboxylic acids is 1. The maximum atomic E-state index is 12.3. The van der Waals surface area contributed by atoms with Crippen molar-refractivity contribution < 1.29 is 37.3 Å². The number of morpholine rings is 1. The number of carboxylic acid groups (broad SMARTS) is 1. The zero-order valence-corrected chi connectivity index (χ0v) is 12.4. The van der Waals surface area contributed by atoms with Gasteiger partial charge >= 0.3 is 12.3 Å². The van der Waals surface area contributed by atoms with Crippen LogP contribution in [0.4, 0.5) is 18.9 Å². The molecule has 2 rings (SSSR count). The quantitative estimate of drug-likeness (QED) is 0.840. The van der Waals surface area contributed by atoms with Crippen LogP contribution in [0.3, 0.4) is 0 Å². The number of carbonyl (C=O) groups is 2. The summed E-state index contributed by atoms with van der Waals surface area (Å²) in [5, 5.41) is 11.4. The second-order valence-electron chi connectivity index (χ2n) is 5.00. The van der Waals surface area contributed by atoms with Crippen molar-refractivity contribution in [3.05, 3.63) is 23.8 Å². The van der Waals surface area contributed by atoms with Gasteiger partial charge in [-0.15, -0.1) is 13.2 Å². The summed E-state index contributed by atoms with van der Waals surface area (Å²) in [5.74, 6) is -2.53. The monoisotopic (exact) mass is 348 g/mol. The summed E-state index contributed by atoms with van der Waals surface area (Å²) < 4.78 is 45.7. The molecule has 0 atom stereocenters. The predicted molar refractivity (Wildman–Crippen MR) is 76.0 cm³/mol. The molecule has 1 amide bonds. The fraction of sp³-hybridized carbons (Fsp3) is 0.429. The second-order valence-corrected chi connectivity index (χ2v) is 5.00. The number of anilines is 1. The molecule has 0 spiro atoms. The molecule has 0 radical (unpaired) electrons. The smallest absolute Gasteiger partial charge is 0.478 e. The Labute approximate surface area is 134 Å². The molecule has 0 aliphatic carbocycles. The molecule has 0 bridgehead atoms. The van der Waals surface area contributed by atoms with E-state index in [1.165, 1.54) is 0 Å². The van der Waals surface area contributed by atoms with E-state index in [0.29, 0.717) is 26.3 Å². The highest BCUT2D eigenvalue weighted by Crippen LogP contribution is 2.27. The molecule has 1 aliphatic heterocycles. The number of halogens is 3. The summed E-state index contributed by atoms with van der Waals surface area (Å²) in [6.07, 6.45) is -4.92. The fourth-order valence-electron chi connectivity index (χ4n) is 2.16. The van der Waals surface area contributed by atoms with Crippen molar-refractivity contribution in [2.24, 2.45) is 0 Å². The van der Waals surface area contributed by atoms with E-state index in [4.69, 9.17) is 9.84 Å². The van der Waals surface area contributed by atoms with Crippen molar-refractivity contribution >= 4 is 17.6 Å². The Balaban J connectivity index is 2.11. The molecule has 10 heteroatoms. The average molecular weight is 348 g/mol. The van der Waals surface area contributed by atoms with Crippen LogP contribution >= 0.6 is 0 Å². The highest BCUT2D eigenvalue weighted by molar-refractivity contribution is 6.01. The van der Waals surface area contributed by atoms with Gasteiger partial charge in [-0.1, -0.05) is 0 Å². The van der Waals surface area contributed by atoms with E-state index in [1.807, 2.05) is 0 Å². The molecule has 132 valence electrons. The average Bonchev–Trinajstić information content (AvgIpc) is 2.46. The number of hydrogen-bond acceptors (Lipinski definition) is 5. The zero-order chi connectivity index (χ0) is 17.7. The minimum Gasteiger partial charge on any atom is -0.478 e. The summed E-state index contributed by atoms with van der Waals surface area (Å²) in [6, 6.07) is 2.64. The standard InChI is InChI=1S/C14H15F3N2O5/c15-14(16,17)24-9-1-2-10(13(21)22)11(7-9)18-12(20)8-19-3-5-23-6-4-19/h1-2,7H,3-6,8H2,(H,18,20)(H,21,22). The van der Waals surface area contributed by atoms with Gasteiger partial charge in [0.25, 0.3) is 0 Å². The third kappa shape index (κ3) is 5.39. The van der Waals surface area contributed by atoms with Crippen LogP contribution in [0.5, 0.6) is 5.75 Å². The Bertz CT molecular complexity index is 615. The summed E-state index contributed by atoms with van der Waals surface area (Å²) in [4.78, 5) is 24.9. The van der Waals surface area contributed by atoms with E-state index >= 15 is 0 Å². The molecular weight excluding hydrogens is 333 g/mol. The molecule has 0 aromatic heterocycles. The molecule has 1 aliphatic rings. The topological polar surface area (TPSA) is 88.1 Å². The van der Waals surface area contributed by atoms with Crippen LogP contribution < -0.4 is 10.1 Å². The SMILES string of the molecule is O=C(CN1CCOCC1)Nc1cc(OC(F)(F)F)ccc1C(=O)O. The van der Waals surface area contributed by atoms with E-state index in [-0.39, 0.29) is 17.8 Å². The summed E-state index contributed by atoms with van der Waals surface area (Å²) in [6.45, 7) is 2.00. The van der Waals surface area contributed by atoms with Crippen molar-refractivity contribution in [3.8, 4) is 5.75 Å². The molecule has 1 heterocycles. The third-order valence-electron chi connectivity index (χ3n) is 3.20. The Hall–Kier alpha value is -2.33. The number of nitrogens with one attached hydrogen (secondary N) is 1. The lowest BCUT2D eigenvalue weighted by Gasteiger charge is -2.25. The maximum Gasteiger partial charge on any atom is 0.573 e. The van der Waals surface area contributed by atoms with Crippen molar-refractivity contribution in [1.82, 2.24) is 4.90 Å². The van der Waals surface area contributed by atoms with Crippen LogP contribution in [0, 0.1) is 0 Å². The molecule has 24 heavy (non-hydrogen) atoms. The number of hydrogen-bond donors (Lipinski definition) is 2. The van der Waals surface area contributed by atoms with Gasteiger partial charge in [-0.2, -0.15) is 0 Å². The number of amides is 1. The number of carboxylic acids is 1. The van der Waals surface area contributed by atoms with Gasteiger partial charge < -0.3 is 19.9 Å². The molecule has 1 fully saturated rings. The van der Waals surface area contributed by atoms with Gasteiger partial charge in [-0.25, -0.2) is 4.79 Å². The minimum absolute atomic E-state index is 0.0211. The lowest BCUT2D eigenvalue weighted by molar-refractivity contribution is -0.274. The van der Waals surface area contributed by atoms with Crippen molar-refractivity contribution in [2.45, 2.75) is 6.36 Å². The van der Waals surface area contributed by atoms with Crippen LogP contribution in [-0.4, -0.2) is 61.1 Å². The number of nitrogens with zero attached hydrogens (tertiary/aromatic N) is 1. The van der Waals surface area contributed by atoms with Gasteiger partial charge in [0, 0.05) is 19.2 Å². The Kier molecular flexibility index (Phi) is 5.62. The fourth-order valence-corrected chi connectivity index (χ4v) is 2.16. The third-order valence-corrected chi connectivity index (χ3v) is 3.20. The van der Waals surface area contributed by atoms with Gasteiger partial charge in [0.1, 0.15) is 5.75 Å². The number of aromatic carboxylic acids is 1. The number of benzene rings is 1. The Morgan fingerprint density at radius 3 is 2.54 bits per heavy atom. The van der Waals surface area contributed by atoms with Crippen molar-refractivity contribution in [3.63, 3.8) is 0 Å². The number of rotatable bonds is 5. The molecule has 0 unspecified atom stereocenters. The Morgan fingerprint density at radius 1 is 1.29 bits per heavy atom. The predicted octanol–water partition coefficient (Wildman–Crippen LogP) is 1.55. The summed E-state index contributed by atoms with van der Waals surface area (Å²) in [5.41, 5.74) is -0.595. The first-order valence-electron chi connectivity index (χ1n) is 6.97. The lowest BCUT2D eigenvalue weighted by atomic mass is 10.1. The molecule has 1 aromatic rings. The molecule has 0 saturated carbocycles. The number of ether oxygens (including phenoxy) is 2. The van der Waals surface area contributed by atoms with Gasteiger partial charge in [0.05, 0.1) is 31.0 Å². The molecular formula is C14H15F3N2O5. The molecule has 7 nitrogen and oxygen atoms in total. The highest BCUT2D eigenvalue weighted by Gasteiger charge is 2.31. The Morgan fingerprint density at radius 2 is 1.96 bits per heavy atom. The minimum atomic E-state index is -4.92. The maximum absolute atomic E-state index is 12.3. The van der Waals surface area contributed by atoms with Crippen LogP contribution in [0.25, 0.3) is 0 Å². The van der Waals surface area contributed by atoms with E-state index in [2.05, 4.69) is 10.1 Å². The summed E-state index contributed by atoms with van der Waals surface area (Å²) >= 11 is 0. The van der Waals surface area contributed by atoms with Crippen molar-refractivity contribution in [2.75, 3.05) is 38.2 Å². The normalized spacial score (nSPS) is 15.8. The van der Waals surface area contributed by atoms with E-state index in [9.17, 15) is 22.8 Å². The number of alkyl halides is 3. The van der Waals surface area contributed by atoms with Gasteiger partial charge in [0.15, 0.2) is 0 Å². The zero-order valence-electron chi connectivity index (χ0n) is 12.4. The summed E-state index contributed by atoms with van der Waals surface area (Å²) in [7, 11) is 0. The van der Waals surface area contributed by atoms with Gasteiger partial charge in [0.2, 0.25) is 5.91 Å². The lowest BCUT2D eigenvalue weighted by Crippen LogP contribution is -2.41. The molecule has 2 N–H and O–H groups in total. The van der Waals surface area contributed by atoms with Gasteiger partial charge in [-0.3, -0.25) is 9.69 Å². The van der Waals surface area contributed by atoms with Crippen LogP contribution in [0.15, 0.2) is 18.2 Å².